The van der Waals surface area contributed by atoms with E-state index in [0.29, 0.717) is 22.5 Å². The average Bonchev–Trinajstić information content (AvgIpc) is 3.19. The smallest absolute Gasteiger partial charge is 0.429 e. The lowest BCUT2D eigenvalue weighted by Gasteiger charge is -2.24. The molecular formula is C26H25F3N6O3. The van der Waals surface area contributed by atoms with Gasteiger partial charge >= 0.3 is 12.1 Å². The normalized spacial score (nSPS) is 13.2. The summed E-state index contributed by atoms with van der Waals surface area (Å²) in [5.41, 5.74) is 14.2. The SMILES string of the molecule is Cc1cc(C)n(-c2ccccc2C(Oc2cc(-c3ccc(CC(N)C(=O)O)cc3)nc(N)n2)C(F)(F)F)n1. The molecule has 0 bridgehead atoms. The van der Waals surface area contributed by atoms with Crippen molar-refractivity contribution in [2.24, 2.45) is 5.73 Å². The summed E-state index contributed by atoms with van der Waals surface area (Å²) in [6, 6.07) is 14.5. The molecule has 0 aliphatic heterocycles. The number of anilines is 1. The number of hydrogen-bond acceptors (Lipinski definition) is 7. The highest BCUT2D eigenvalue weighted by Gasteiger charge is 2.45. The van der Waals surface area contributed by atoms with Gasteiger partial charge in [0.25, 0.3) is 0 Å². The van der Waals surface area contributed by atoms with Gasteiger partial charge in [0.05, 0.1) is 17.1 Å². The van der Waals surface area contributed by atoms with Crippen LogP contribution in [0.4, 0.5) is 19.1 Å². The number of nitrogens with zero attached hydrogens (tertiary/aromatic N) is 4. The number of aromatic nitrogens is 4. The average molecular weight is 527 g/mol. The van der Waals surface area contributed by atoms with Crippen molar-refractivity contribution in [3.8, 4) is 22.8 Å². The fourth-order valence-electron chi connectivity index (χ4n) is 4.01. The van der Waals surface area contributed by atoms with Crippen molar-refractivity contribution in [3.63, 3.8) is 0 Å². The van der Waals surface area contributed by atoms with Crippen LogP contribution in [0.5, 0.6) is 5.88 Å². The Balaban J connectivity index is 1.68. The fourth-order valence-corrected chi connectivity index (χ4v) is 4.01. The molecule has 0 spiro atoms. The van der Waals surface area contributed by atoms with Gasteiger partial charge in [-0.2, -0.15) is 23.3 Å². The highest BCUT2D eigenvalue weighted by Crippen LogP contribution is 2.39. The molecule has 9 nitrogen and oxygen atoms in total. The third kappa shape index (κ3) is 5.92. The van der Waals surface area contributed by atoms with E-state index in [1.807, 2.05) is 0 Å². The van der Waals surface area contributed by atoms with Crippen LogP contribution in [0.1, 0.15) is 28.6 Å². The number of aliphatic carboxylic acids is 1. The van der Waals surface area contributed by atoms with Gasteiger partial charge in [0.15, 0.2) is 0 Å². The molecule has 2 atom stereocenters. The molecule has 0 fully saturated rings. The Morgan fingerprint density at radius 3 is 2.37 bits per heavy atom. The van der Waals surface area contributed by atoms with Gasteiger partial charge in [-0.15, -0.1) is 0 Å². The van der Waals surface area contributed by atoms with Gasteiger partial charge in [-0.3, -0.25) is 4.79 Å². The molecule has 4 rings (SSSR count). The molecule has 2 aromatic heterocycles. The number of carbonyl (C=O) groups is 1. The van der Waals surface area contributed by atoms with Crippen LogP contribution < -0.4 is 16.2 Å². The van der Waals surface area contributed by atoms with Crippen LogP contribution >= 0.6 is 0 Å². The van der Waals surface area contributed by atoms with Crippen molar-refractivity contribution in [1.29, 1.82) is 0 Å². The minimum atomic E-state index is -4.80. The van der Waals surface area contributed by atoms with E-state index in [1.54, 1.807) is 50.2 Å². The molecule has 0 saturated heterocycles. The second-order valence-corrected chi connectivity index (χ2v) is 8.73. The highest BCUT2D eigenvalue weighted by atomic mass is 19.4. The number of para-hydroxylation sites is 1. The molecule has 198 valence electrons. The molecule has 2 aromatic carbocycles. The second kappa shape index (κ2) is 10.5. The number of nitrogen functional groups attached to an aromatic ring is 1. The van der Waals surface area contributed by atoms with Crippen LogP contribution in [-0.2, 0) is 11.2 Å². The molecule has 2 heterocycles. The number of carboxylic acid groups (broad SMARTS) is 1. The van der Waals surface area contributed by atoms with Crippen LogP contribution in [-0.4, -0.2) is 43.0 Å². The van der Waals surface area contributed by atoms with Crippen LogP contribution in [0.25, 0.3) is 16.9 Å². The zero-order chi connectivity index (χ0) is 27.6. The Kier molecular flexibility index (Phi) is 7.35. The summed E-state index contributed by atoms with van der Waals surface area (Å²) in [5.74, 6) is -1.77. The number of carboxylic acids is 1. The van der Waals surface area contributed by atoms with Crippen LogP contribution in [0.15, 0.2) is 60.7 Å². The number of nitrogens with two attached hydrogens (primary N) is 2. The van der Waals surface area contributed by atoms with E-state index >= 15 is 0 Å². The van der Waals surface area contributed by atoms with E-state index < -0.39 is 24.3 Å². The molecule has 38 heavy (non-hydrogen) atoms. The summed E-state index contributed by atoms with van der Waals surface area (Å²) in [7, 11) is 0. The quantitative estimate of drug-likeness (QED) is 0.311. The number of halogens is 3. The molecule has 0 aliphatic carbocycles. The van der Waals surface area contributed by atoms with Crippen LogP contribution in [0.2, 0.25) is 0 Å². The number of hydrogen-bond donors (Lipinski definition) is 3. The topological polar surface area (TPSA) is 142 Å². The van der Waals surface area contributed by atoms with E-state index in [1.165, 1.54) is 28.9 Å². The standard InChI is InChI=1S/C26H25F3N6O3/c1-14-11-15(2)35(34-14)21-6-4-3-5-18(21)23(26(27,28)29)38-22-13-20(32-25(31)33-22)17-9-7-16(8-10-17)12-19(30)24(36)37/h3-11,13,19,23H,12,30H2,1-2H3,(H,36,37)(H2,31,32,33). The molecule has 12 heteroatoms. The second-order valence-electron chi connectivity index (χ2n) is 8.73. The van der Waals surface area contributed by atoms with E-state index in [9.17, 15) is 18.0 Å². The van der Waals surface area contributed by atoms with Crippen molar-refractivity contribution in [2.75, 3.05) is 5.73 Å². The molecule has 0 amide bonds. The third-order valence-electron chi connectivity index (χ3n) is 5.74. The maximum absolute atomic E-state index is 14.3. The number of alkyl halides is 3. The van der Waals surface area contributed by atoms with Gasteiger partial charge in [-0.25, -0.2) is 9.67 Å². The van der Waals surface area contributed by atoms with E-state index in [2.05, 4.69) is 15.1 Å². The monoisotopic (exact) mass is 526 g/mol. The maximum Gasteiger partial charge on any atom is 0.429 e. The van der Waals surface area contributed by atoms with Gasteiger partial charge in [-0.1, -0.05) is 42.5 Å². The van der Waals surface area contributed by atoms with Crippen LogP contribution in [0, 0.1) is 13.8 Å². The summed E-state index contributed by atoms with van der Waals surface area (Å²) in [4.78, 5) is 19.0. The van der Waals surface area contributed by atoms with Crippen molar-refractivity contribution in [1.82, 2.24) is 19.7 Å². The third-order valence-corrected chi connectivity index (χ3v) is 5.74. The van der Waals surface area contributed by atoms with Gasteiger partial charge in [0.1, 0.15) is 6.04 Å². The number of ether oxygens (including phenoxy) is 1. The molecule has 2 unspecified atom stereocenters. The zero-order valence-electron chi connectivity index (χ0n) is 20.5. The predicted molar refractivity (Wildman–Crippen MR) is 134 cm³/mol. The molecule has 0 radical (unpaired) electrons. The summed E-state index contributed by atoms with van der Waals surface area (Å²) in [6.07, 6.45) is -7.06. The Bertz CT molecular complexity index is 1450. The number of rotatable bonds is 8. The lowest BCUT2D eigenvalue weighted by molar-refractivity contribution is -0.198. The Morgan fingerprint density at radius 2 is 1.76 bits per heavy atom. The fraction of sp³-hybridized carbons (Fsp3) is 0.231. The Morgan fingerprint density at radius 1 is 1.08 bits per heavy atom. The van der Waals surface area contributed by atoms with Crippen molar-refractivity contribution in [2.45, 2.75) is 38.6 Å². The summed E-state index contributed by atoms with van der Waals surface area (Å²) < 4.78 is 49.9. The van der Waals surface area contributed by atoms with E-state index in [4.69, 9.17) is 21.3 Å². The maximum atomic E-state index is 14.3. The van der Waals surface area contributed by atoms with Crippen molar-refractivity contribution in [3.05, 3.63) is 83.2 Å². The number of benzene rings is 2. The Hall–Kier alpha value is -4.45. The minimum Gasteiger partial charge on any atom is -0.480 e. The summed E-state index contributed by atoms with van der Waals surface area (Å²) in [6.45, 7) is 3.50. The summed E-state index contributed by atoms with van der Waals surface area (Å²) in [5, 5.41) is 13.3. The molecule has 4 aromatic rings. The lowest BCUT2D eigenvalue weighted by atomic mass is 10.0. The van der Waals surface area contributed by atoms with Crippen LogP contribution in [0.3, 0.4) is 0 Å². The Labute approximate surface area is 215 Å². The first kappa shape index (κ1) is 26.6. The van der Waals surface area contributed by atoms with E-state index in [-0.39, 0.29) is 35.2 Å². The van der Waals surface area contributed by atoms with E-state index in [0.717, 1.165) is 0 Å². The largest absolute Gasteiger partial charge is 0.480 e. The van der Waals surface area contributed by atoms with Crippen molar-refractivity contribution >= 4 is 11.9 Å². The van der Waals surface area contributed by atoms with Gasteiger partial charge in [0.2, 0.25) is 17.9 Å². The first-order chi connectivity index (χ1) is 17.9. The lowest BCUT2D eigenvalue weighted by Crippen LogP contribution is -2.32. The van der Waals surface area contributed by atoms with Crippen molar-refractivity contribution < 1.29 is 27.8 Å². The predicted octanol–water partition coefficient (Wildman–Crippen LogP) is 4.17. The first-order valence-corrected chi connectivity index (χ1v) is 11.5. The molecule has 5 N–H and O–H groups in total. The number of aryl methyl sites for hydroxylation is 2. The highest BCUT2D eigenvalue weighted by molar-refractivity contribution is 5.73. The zero-order valence-corrected chi connectivity index (χ0v) is 20.5. The molecular weight excluding hydrogens is 501 g/mol. The first-order valence-electron chi connectivity index (χ1n) is 11.5. The molecule has 0 aliphatic rings. The summed E-state index contributed by atoms with van der Waals surface area (Å²) >= 11 is 0. The van der Waals surface area contributed by atoms with Gasteiger partial charge < -0.3 is 21.3 Å². The molecule has 0 saturated carbocycles. The van der Waals surface area contributed by atoms with Gasteiger partial charge in [-0.05, 0) is 38.0 Å². The minimum absolute atomic E-state index is 0.109. The van der Waals surface area contributed by atoms with Gasteiger partial charge in [0, 0.05) is 22.9 Å².